The number of cyclic esters (lactones) is 1. The van der Waals surface area contributed by atoms with E-state index in [1.807, 2.05) is 0 Å². The fourth-order valence-electron chi connectivity index (χ4n) is 3.11. The first-order chi connectivity index (χ1) is 15.2. The summed E-state index contributed by atoms with van der Waals surface area (Å²) in [5.74, 6) is 0.518. The predicted octanol–water partition coefficient (Wildman–Crippen LogP) is 2.92. The van der Waals surface area contributed by atoms with Crippen molar-refractivity contribution in [1.82, 2.24) is 20.0 Å². The van der Waals surface area contributed by atoms with Crippen LogP contribution in [-0.2, 0) is 20.9 Å². The lowest BCUT2D eigenvalue weighted by Crippen LogP contribution is -2.25. The molecule has 3 aromatic rings. The van der Waals surface area contributed by atoms with Gasteiger partial charge in [-0.05, 0) is 30.3 Å². The molecular formula is C19H20FN6O5P. The van der Waals surface area contributed by atoms with Crippen LogP contribution in [0.15, 0.2) is 42.7 Å². The number of anilines is 3. The lowest BCUT2D eigenvalue weighted by Gasteiger charge is -2.15. The highest BCUT2D eigenvalue weighted by molar-refractivity contribution is 7.51. The van der Waals surface area contributed by atoms with E-state index < -0.39 is 25.6 Å². The standard InChI is InChI=1S/C19H20FN6O5P/c1-25-22-9-18(24-25)23-17-6-3-12(8-21-17)15-5-4-13(7-16(15)20)26-10-14(31-19(26)27)11-30-32(2,28)29/h3-9,14H,10-11H2,1-2H3,(H,28,29)(H,21,23,24)/t14-/m1/s1. The quantitative estimate of drug-likeness (QED) is 0.509. The van der Waals surface area contributed by atoms with Crippen molar-refractivity contribution in [2.24, 2.45) is 7.05 Å². The number of nitrogens with one attached hydrogen (secondary N) is 1. The van der Waals surface area contributed by atoms with Crippen molar-refractivity contribution < 1.29 is 27.9 Å². The monoisotopic (exact) mass is 462 g/mol. The molecule has 2 atom stereocenters. The zero-order valence-electron chi connectivity index (χ0n) is 17.2. The first-order valence-corrected chi connectivity index (χ1v) is 11.5. The second kappa shape index (κ2) is 8.65. The number of carbonyl (C=O) groups excluding carboxylic acids is 1. The van der Waals surface area contributed by atoms with E-state index in [1.165, 1.54) is 22.0 Å². The van der Waals surface area contributed by atoms with Crippen molar-refractivity contribution in [3.8, 4) is 11.1 Å². The van der Waals surface area contributed by atoms with Gasteiger partial charge in [-0.1, -0.05) is 0 Å². The summed E-state index contributed by atoms with van der Waals surface area (Å²) in [7, 11) is -1.99. The molecule has 11 nitrogen and oxygen atoms in total. The number of nitrogens with zero attached hydrogens (tertiary/aromatic N) is 5. The van der Waals surface area contributed by atoms with Crippen molar-refractivity contribution in [2.45, 2.75) is 6.10 Å². The van der Waals surface area contributed by atoms with Crippen LogP contribution in [0.3, 0.4) is 0 Å². The van der Waals surface area contributed by atoms with Gasteiger partial charge in [0, 0.05) is 31.0 Å². The fourth-order valence-corrected chi connectivity index (χ4v) is 3.55. The average molecular weight is 462 g/mol. The largest absolute Gasteiger partial charge is 0.441 e. The molecular weight excluding hydrogens is 442 g/mol. The minimum absolute atomic E-state index is 0.0713. The molecule has 4 rings (SSSR count). The number of amides is 1. The minimum Gasteiger partial charge on any atom is -0.441 e. The second-order valence-corrected chi connectivity index (χ2v) is 9.02. The first-order valence-electron chi connectivity index (χ1n) is 9.50. The normalized spacial score (nSPS) is 17.8. The zero-order valence-corrected chi connectivity index (χ0v) is 18.1. The molecule has 168 valence electrons. The van der Waals surface area contributed by atoms with Crippen molar-refractivity contribution in [3.05, 3.63) is 48.5 Å². The Labute approximate surface area is 182 Å². The van der Waals surface area contributed by atoms with Gasteiger partial charge in [-0.2, -0.15) is 9.90 Å². The van der Waals surface area contributed by atoms with Gasteiger partial charge in [0.05, 0.1) is 25.0 Å². The van der Waals surface area contributed by atoms with Crippen LogP contribution in [0.4, 0.5) is 26.5 Å². The summed E-state index contributed by atoms with van der Waals surface area (Å²) in [5, 5.41) is 11.1. The Morgan fingerprint density at radius 2 is 2.12 bits per heavy atom. The molecule has 0 bridgehead atoms. The molecule has 2 N–H and O–H groups in total. The molecule has 32 heavy (non-hydrogen) atoms. The molecule has 0 saturated carbocycles. The third kappa shape index (κ3) is 5.10. The summed E-state index contributed by atoms with van der Waals surface area (Å²) in [6.07, 6.45) is 1.66. The van der Waals surface area contributed by atoms with Crippen LogP contribution in [0.2, 0.25) is 0 Å². The number of hydrogen-bond donors (Lipinski definition) is 2. The Kier molecular flexibility index (Phi) is 5.92. The number of benzene rings is 1. The van der Waals surface area contributed by atoms with E-state index in [-0.39, 0.29) is 13.2 Å². The van der Waals surface area contributed by atoms with Gasteiger partial charge in [0.1, 0.15) is 17.7 Å². The Bertz CT molecular complexity index is 1180. The molecule has 0 radical (unpaired) electrons. The highest BCUT2D eigenvalue weighted by Gasteiger charge is 2.34. The van der Waals surface area contributed by atoms with E-state index >= 15 is 0 Å². The summed E-state index contributed by atoms with van der Waals surface area (Å²) in [4.78, 5) is 28.3. The third-order valence-corrected chi connectivity index (χ3v) is 5.20. The lowest BCUT2D eigenvalue weighted by atomic mass is 10.1. The number of rotatable bonds is 7. The van der Waals surface area contributed by atoms with Crippen molar-refractivity contribution >= 4 is 31.0 Å². The molecule has 1 aliphatic heterocycles. The van der Waals surface area contributed by atoms with E-state index in [9.17, 15) is 18.6 Å². The highest BCUT2D eigenvalue weighted by Crippen LogP contribution is 2.37. The van der Waals surface area contributed by atoms with Gasteiger partial charge in [0.15, 0.2) is 5.82 Å². The van der Waals surface area contributed by atoms with Gasteiger partial charge >= 0.3 is 13.7 Å². The highest BCUT2D eigenvalue weighted by atomic mass is 31.2. The summed E-state index contributed by atoms with van der Waals surface area (Å²) in [6, 6.07) is 7.75. The molecule has 1 saturated heterocycles. The molecule has 1 aromatic carbocycles. The van der Waals surface area contributed by atoms with Gasteiger partial charge in [0.25, 0.3) is 0 Å². The van der Waals surface area contributed by atoms with Crippen LogP contribution in [0.5, 0.6) is 0 Å². The zero-order chi connectivity index (χ0) is 22.9. The summed E-state index contributed by atoms with van der Waals surface area (Å²) < 4.78 is 36.0. The number of aryl methyl sites for hydroxylation is 1. The van der Waals surface area contributed by atoms with E-state index in [4.69, 9.17) is 9.26 Å². The van der Waals surface area contributed by atoms with Crippen LogP contribution in [0.25, 0.3) is 11.1 Å². The summed E-state index contributed by atoms with van der Waals surface area (Å²) in [6.45, 7) is 0.887. The SMILES string of the molecule is Cn1ncc(Nc2ccc(-c3ccc(N4C[C@H](COP(C)(=O)O)OC4=O)cc3F)cn2)n1. The number of halogens is 1. The molecule has 2 aromatic heterocycles. The lowest BCUT2D eigenvalue weighted by molar-refractivity contribution is 0.100. The van der Waals surface area contributed by atoms with Crippen molar-refractivity contribution in [1.29, 1.82) is 0 Å². The Hall–Kier alpha value is -3.34. The van der Waals surface area contributed by atoms with Gasteiger partial charge in [-0.25, -0.2) is 14.2 Å². The molecule has 0 spiro atoms. The molecule has 0 aliphatic carbocycles. The van der Waals surface area contributed by atoms with Gasteiger partial charge < -0.3 is 19.5 Å². The molecule has 3 heterocycles. The average Bonchev–Trinajstić information content (AvgIpc) is 3.31. The third-order valence-electron chi connectivity index (χ3n) is 4.57. The number of carbonyl (C=O) groups is 1. The fraction of sp³-hybridized carbons (Fsp3) is 0.263. The predicted molar refractivity (Wildman–Crippen MR) is 113 cm³/mol. The molecule has 1 unspecified atom stereocenters. The second-order valence-electron chi connectivity index (χ2n) is 7.16. The maximum atomic E-state index is 14.8. The van der Waals surface area contributed by atoms with E-state index in [2.05, 4.69) is 20.5 Å². The topological polar surface area (TPSA) is 132 Å². The molecule has 1 fully saturated rings. The Balaban J connectivity index is 1.45. The van der Waals surface area contributed by atoms with E-state index in [0.717, 1.165) is 6.66 Å². The number of pyridine rings is 1. The van der Waals surface area contributed by atoms with Crippen LogP contribution < -0.4 is 10.2 Å². The maximum Gasteiger partial charge on any atom is 0.414 e. The number of aromatic nitrogens is 4. The molecule has 13 heteroatoms. The van der Waals surface area contributed by atoms with E-state index in [1.54, 1.807) is 37.5 Å². The Morgan fingerprint density at radius 3 is 2.75 bits per heavy atom. The van der Waals surface area contributed by atoms with Crippen LogP contribution in [0.1, 0.15) is 0 Å². The number of hydrogen-bond acceptors (Lipinski definition) is 8. The molecule has 1 aliphatic rings. The summed E-state index contributed by atoms with van der Waals surface area (Å²) >= 11 is 0. The smallest absolute Gasteiger partial charge is 0.414 e. The minimum atomic E-state index is -3.69. The maximum absolute atomic E-state index is 14.8. The number of ether oxygens (including phenoxy) is 1. The van der Waals surface area contributed by atoms with Crippen LogP contribution >= 0.6 is 7.60 Å². The Morgan fingerprint density at radius 1 is 1.31 bits per heavy atom. The van der Waals surface area contributed by atoms with Gasteiger partial charge in [-0.3, -0.25) is 9.46 Å². The van der Waals surface area contributed by atoms with E-state index in [0.29, 0.717) is 28.5 Å². The summed E-state index contributed by atoms with van der Waals surface area (Å²) in [5.41, 5.74) is 1.17. The van der Waals surface area contributed by atoms with Gasteiger partial charge in [0.2, 0.25) is 0 Å². The van der Waals surface area contributed by atoms with Crippen molar-refractivity contribution in [2.75, 3.05) is 30.0 Å². The van der Waals surface area contributed by atoms with Crippen LogP contribution in [-0.4, -0.2) is 56.9 Å². The van der Waals surface area contributed by atoms with Gasteiger partial charge in [-0.15, -0.1) is 5.10 Å². The van der Waals surface area contributed by atoms with Crippen LogP contribution in [0, 0.1) is 5.82 Å². The molecule has 1 amide bonds. The van der Waals surface area contributed by atoms with Crippen molar-refractivity contribution in [3.63, 3.8) is 0 Å². The first kappa shape index (κ1) is 21.9.